The molecule has 0 aliphatic heterocycles. The topological polar surface area (TPSA) is 33.1 Å². The molecule has 2 nitrogen and oxygen atoms in total. The van der Waals surface area contributed by atoms with Crippen LogP contribution in [0.25, 0.3) is 0 Å². The summed E-state index contributed by atoms with van der Waals surface area (Å²) in [5.41, 5.74) is -0.238. The van der Waals surface area contributed by atoms with Crippen LogP contribution < -0.4 is 0 Å². The van der Waals surface area contributed by atoms with Gasteiger partial charge in [-0.15, -0.1) is 0 Å². The lowest BCUT2D eigenvalue weighted by Crippen LogP contribution is -2.18. The molecule has 0 amide bonds. The van der Waals surface area contributed by atoms with Gasteiger partial charge < -0.3 is 5.11 Å². The van der Waals surface area contributed by atoms with Gasteiger partial charge in [-0.3, -0.25) is 0 Å². The molecule has 0 bridgehead atoms. The van der Waals surface area contributed by atoms with Crippen LogP contribution in [0.1, 0.15) is 12.0 Å². The van der Waals surface area contributed by atoms with Crippen molar-refractivity contribution < 1.29 is 13.9 Å². The number of halogens is 4. The van der Waals surface area contributed by atoms with Crippen molar-refractivity contribution in [2.45, 2.75) is 12.3 Å². The highest BCUT2D eigenvalue weighted by molar-refractivity contribution is 6.32. The fourth-order valence-electron chi connectivity index (χ4n) is 1.76. The van der Waals surface area contributed by atoms with Crippen LogP contribution in [0.2, 0.25) is 10.3 Å². The molecule has 16 heavy (non-hydrogen) atoms. The summed E-state index contributed by atoms with van der Waals surface area (Å²) in [7, 11) is 0. The molecular formula is C10H9Cl2F2NO. The number of aliphatic hydroxyl groups excluding tert-OH is 1. The lowest BCUT2D eigenvalue weighted by atomic mass is 10.0. The number of aliphatic hydroxyl groups is 1. The number of rotatable bonds is 3. The summed E-state index contributed by atoms with van der Waals surface area (Å²) >= 11 is 11.1. The summed E-state index contributed by atoms with van der Waals surface area (Å²) in [5, 5.41) is 8.69. The third kappa shape index (κ3) is 2.14. The van der Waals surface area contributed by atoms with Gasteiger partial charge in [0.05, 0.1) is 0 Å². The third-order valence-corrected chi connectivity index (χ3v) is 3.16. The zero-order valence-electron chi connectivity index (χ0n) is 8.13. The van der Waals surface area contributed by atoms with E-state index in [9.17, 15) is 8.78 Å². The highest BCUT2D eigenvalue weighted by atomic mass is 35.5. The van der Waals surface area contributed by atoms with Gasteiger partial charge >= 0.3 is 0 Å². The normalized spacial score (nSPS) is 24.6. The molecule has 1 aliphatic rings. The zero-order valence-corrected chi connectivity index (χ0v) is 9.64. The van der Waals surface area contributed by atoms with Gasteiger partial charge in [0.1, 0.15) is 10.3 Å². The van der Waals surface area contributed by atoms with Crippen LogP contribution in [-0.4, -0.2) is 16.7 Å². The lowest BCUT2D eigenvalue weighted by molar-refractivity contribution is -0.0363. The third-order valence-electron chi connectivity index (χ3n) is 2.77. The van der Waals surface area contributed by atoms with E-state index in [0.717, 1.165) is 12.1 Å². The second-order valence-electron chi connectivity index (χ2n) is 3.91. The molecule has 2 atom stereocenters. The number of hydrogen-bond donors (Lipinski definition) is 1. The summed E-state index contributed by atoms with van der Waals surface area (Å²) in [6, 6.07) is 2.22. The average molecular weight is 268 g/mol. The molecule has 6 heteroatoms. The van der Waals surface area contributed by atoms with E-state index in [4.69, 9.17) is 28.3 Å². The molecule has 1 aliphatic carbocycles. The van der Waals surface area contributed by atoms with Gasteiger partial charge in [-0.25, -0.2) is 13.8 Å². The quantitative estimate of drug-likeness (QED) is 0.854. The minimum absolute atomic E-state index is 0.0524. The summed E-state index contributed by atoms with van der Waals surface area (Å²) in [6.45, 7) is -0.215. The number of aromatic nitrogens is 1. The predicted molar refractivity (Wildman–Crippen MR) is 56.8 cm³/mol. The van der Waals surface area contributed by atoms with Crippen molar-refractivity contribution in [3.8, 4) is 0 Å². The Kier molecular flexibility index (Phi) is 3.07. The van der Waals surface area contributed by atoms with E-state index in [2.05, 4.69) is 4.98 Å². The van der Waals surface area contributed by atoms with Crippen LogP contribution in [0.5, 0.6) is 0 Å². The van der Waals surface area contributed by atoms with Gasteiger partial charge in [0.25, 0.3) is 5.92 Å². The molecule has 0 saturated heterocycles. The first-order chi connectivity index (χ1) is 7.45. The van der Waals surface area contributed by atoms with Crippen molar-refractivity contribution in [1.82, 2.24) is 4.98 Å². The summed E-state index contributed by atoms with van der Waals surface area (Å²) in [5.74, 6) is -4.17. The van der Waals surface area contributed by atoms with Crippen LogP contribution >= 0.6 is 23.2 Å². The smallest absolute Gasteiger partial charge is 0.276 e. The fourth-order valence-corrected chi connectivity index (χ4v) is 2.23. The molecule has 0 radical (unpaired) electrons. The van der Waals surface area contributed by atoms with Gasteiger partial charge in [0.15, 0.2) is 0 Å². The van der Waals surface area contributed by atoms with Crippen molar-refractivity contribution in [2.24, 2.45) is 11.8 Å². The van der Waals surface area contributed by atoms with Gasteiger partial charge in [-0.1, -0.05) is 23.2 Å². The molecule has 0 spiro atoms. The van der Waals surface area contributed by atoms with Crippen molar-refractivity contribution in [1.29, 1.82) is 0 Å². The van der Waals surface area contributed by atoms with Crippen LogP contribution in [0, 0.1) is 11.8 Å². The molecule has 1 aromatic heterocycles. The maximum Gasteiger partial charge on any atom is 0.276 e. The Balaban J connectivity index is 2.29. The maximum atomic E-state index is 13.9. The second kappa shape index (κ2) is 4.09. The second-order valence-corrected chi connectivity index (χ2v) is 4.68. The number of nitrogens with zero attached hydrogens (tertiary/aromatic N) is 1. The average Bonchev–Trinajstić information content (AvgIpc) is 2.95. The number of alkyl halides is 2. The molecule has 1 N–H and O–H groups in total. The SMILES string of the molecule is OC[C@@H]1CC1C(F)(F)c1cc(Cl)nc(Cl)c1. The summed E-state index contributed by atoms with van der Waals surface area (Å²) in [6.07, 6.45) is 0.320. The van der Waals surface area contributed by atoms with Crippen LogP contribution in [0.4, 0.5) is 8.78 Å². The first-order valence-corrected chi connectivity index (χ1v) is 5.53. The summed E-state index contributed by atoms with van der Waals surface area (Å²) < 4.78 is 27.8. The predicted octanol–water partition coefficient (Wildman–Crippen LogP) is 3.11. The minimum Gasteiger partial charge on any atom is -0.396 e. The van der Waals surface area contributed by atoms with Crippen LogP contribution in [0.3, 0.4) is 0 Å². The molecule has 88 valence electrons. The summed E-state index contributed by atoms with van der Waals surface area (Å²) in [4.78, 5) is 3.61. The molecular weight excluding hydrogens is 259 g/mol. The Morgan fingerprint density at radius 3 is 2.38 bits per heavy atom. The molecule has 2 rings (SSSR count). The van der Waals surface area contributed by atoms with E-state index in [0.29, 0.717) is 6.42 Å². The van der Waals surface area contributed by atoms with Crippen molar-refractivity contribution >= 4 is 23.2 Å². The Hall–Kier alpha value is -0.450. The van der Waals surface area contributed by atoms with Crippen molar-refractivity contribution in [2.75, 3.05) is 6.61 Å². The van der Waals surface area contributed by atoms with Crippen LogP contribution in [-0.2, 0) is 5.92 Å². The highest BCUT2D eigenvalue weighted by Gasteiger charge is 2.55. The Morgan fingerprint density at radius 1 is 1.38 bits per heavy atom. The molecule has 1 heterocycles. The minimum atomic E-state index is -3.01. The van der Waals surface area contributed by atoms with E-state index in [1.807, 2.05) is 0 Å². The Bertz CT molecular complexity index is 394. The molecule has 1 aromatic rings. The Morgan fingerprint density at radius 2 is 1.94 bits per heavy atom. The monoisotopic (exact) mass is 267 g/mol. The largest absolute Gasteiger partial charge is 0.396 e. The fraction of sp³-hybridized carbons (Fsp3) is 0.500. The Labute approximate surface area is 101 Å². The molecule has 1 fully saturated rings. The van der Waals surface area contributed by atoms with Gasteiger partial charge in [0, 0.05) is 18.1 Å². The van der Waals surface area contributed by atoms with E-state index in [-0.39, 0.29) is 28.4 Å². The van der Waals surface area contributed by atoms with Crippen LogP contribution in [0.15, 0.2) is 12.1 Å². The standard InChI is InChI=1S/C10H9Cl2F2NO/c11-8-2-6(3-9(12)15-8)10(13,14)7-1-5(7)4-16/h2-3,5,7,16H,1,4H2/t5-,7?/m0/s1. The van der Waals surface area contributed by atoms with E-state index in [1.54, 1.807) is 0 Å². The van der Waals surface area contributed by atoms with Gasteiger partial charge in [-0.2, -0.15) is 0 Å². The zero-order chi connectivity index (χ0) is 11.9. The molecule has 1 unspecified atom stereocenters. The van der Waals surface area contributed by atoms with Crippen molar-refractivity contribution in [3.05, 3.63) is 28.0 Å². The molecule has 0 aromatic carbocycles. The molecule has 1 saturated carbocycles. The number of hydrogen-bond acceptors (Lipinski definition) is 2. The first-order valence-electron chi connectivity index (χ1n) is 4.77. The van der Waals surface area contributed by atoms with Crippen molar-refractivity contribution in [3.63, 3.8) is 0 Å². The van der Waals surface area contributed by atoms with E-state index >= 15 is 0 Å². The highest BCUT2D eigenvalue weighted by Crippen LogP contribution is 2.54. The van der Waals surface area contributed by atoms with Gasteiger partial charge in [0.2, 0.25) is 0 Å². The van der Waals surface area contributed by atoms with E-state index < -0.39 is 11.8 Å². The van der Waals surface area contributed by atoms with E-state index in [1.165, 1.54) is 0 Å². The number of pyridine rings is 1. The lowest BCUT2D eigenvalue weighted by Gasteiger charge is -2.17. The maximum absolute atomic E-state index is 13.9. The first kappa shape index (κ1) is 12.0. The van der Waals surface area contributed by atoms with Gasteiger partial charge in [-0.05, 0) is 24.5 Å².